The number of aromatic nitrogens is 1. The number of hydrogen-bond acceptors (Lipinski definition) is 3. The molecule has 0 radical (unpaired) electrons. The zero-order valence-corrected chi connectivity index (χ0v) is 12.8. The molecule has 1 aromatic heterocycles. The summed E-state index contributed by atoms with van der Waals surface area (Å²) in [6, 6.07) is 10.1. The van der Waals surface area contributed by atoms with Crippen molar-refractivity contribution in [3.05, 3.63) is 41.6 Å². The van der Waals surface area contributed by atoms with Gasteiger partial charge in [-0.3, -0.25) is 0 Å². The number of thiocarbonyl (C=S) groups is 1. The summed E-state index contributed by atoms with van der Waals surface area (Å²) in [6.45, 7) is 5.52. The Bertz CT molecular complexity index is 594. The SMILES string of the molecule is CCNC(=S)N(C)Cc1cc(-c2cccc(C)c2)on1. The lowest BCUT2D eigenvalue weighted by Gasteiger charge is -2.18. The second-order valence-electron chi connectivity index (χ2n) is 4.74. The molecule has 0 saturated heterocycles. The number of rotatable bonds is 4. The Balaban J connectivity index is 2.08. The number of nitrogens with one attached hydrogen (secondary N) is 1. The van der Waals surface area contributed by atoms with Crippen molar-refractivity contribution >= 4 is 17.3 Å². The number of nitrogens with zero attached hydrogens (tertiary/aromatic N) is 2. The minimum Gasteiger partial charge on any atom is -0.363 e. The first-order valence-corrected chi connectivity index (χ1v) is 7.02. The Kier molecular flexibility index (Phi) is 4.74. The molecule has 0 spiro atoms. The Morgan fingerprint density at radius 3 is 2.90 bits per heavy atom. The van der Waals surface area contributed by atoms with Gasteiger partial charge in [-0.15, -0.1) is 0 Å². The fraction of sp³-hybridized carbons (Fsp3) is 0.333. The van der Waals surface area contributed by atoms with Crippen LogP contribution in [0.25, 0.3) is 11.3 Å². The smallest absolute Gasteiger partial charge is 0.169 e. The highest BCUT2D eigenvalue weighted by Gasteiger charge is 2.10. The predicted octanol–water partition coefficient (Wildman–Crippen LogP) is 2.98. The Hall–Kier alpha value is -1.88. The normalized spacial score (nSPS) is 10.3. The number of aryl methyl sites for hydroxylation is 1. The van der Waals surface area contributed by atoms with Gasteiger partial charge in [-0.25, -0.2) is 0 Å². The second kappa shape index (κ2) is 6.52. The van der Waals surface area contributed by atoms with E-state index in [-0.39, 0.29) is 0 Å². The fourth-order valence-electron chi connectivity index (χ4n) is 1.92. The van der Waals surface area contributed by atoms with E-state index in [1.54, 1.807) is 0 Å². The standard InChI is InChI=1S/C15H19N3OS/c1-4-16-15(20)18(3)10-13-9-14(19-17-13)12-7-5-6-11(2)8-12/h5-9H,4,10H2,1-3H3,(H,16,20). The van der Waals surface area contributed by atoms with Crippen molar-refractivity contribution in [1.29, 1.82) is 0 Å². The van der Waals surface area contributed by atoms with E-state index in [0.29, 0.717) is 11.7 Å². The molecular weight excluding hydrogens is 270 g/mol. The minimum absolute atomic E-state index is 0.626. The molecule has 0 atom stereocenters. The van der Waals surface area contributed by atoms with E-state index in [0.717, 1.165) is 23.6 Å². The van der Waals surface area contributed by atoms with Crippen molar-refractivity contribution in [2.75, 3.05) is 13.6 Å². The van der Waals surface area contributed by atoms with Crippen LogP contribution in [0, 0.1) is 6.92 Å². The van der Waals surface area contributed by atoms with Crippen molar-refractivity contribution in [3.63, 3.8) is 0 Å². The lowest BCUT2D eigenvalue weighted by Crippen LogP contribution is -2.36. The van der Waals surface area contributed by atoms with Gasteiger partial charge in [0.2, 0.25) is 0 Å². The van der Waals surface area contributed by atoms with Gasteiger partial charge >= 0.3 is 0 Å². The van der Waals surface area contributed by atoms with Crippen LogP contribution >= 0.6 is 12.2 Å². The molecule has 0 saturated carbocycles. The summed E-state index contributed by atoms with van der Waals surface area (Å²) in [4.78, 5) is 1.94. The fourth-order valence-corrected chi connectivity index (χ4v) is 2.13. The monoisotopic (exact) mass is 289 g/mol. The molecule has 2 aromatic rings. The topological polar surface area (TPSA) is 41.3 Å². The van der Waals surface area contributed by atoms with Crippen LogP contribution in [-0.4, -0.2) is 28.8 Å². The maximum absolute atomic E-state index is 5.41. The third-order valence-electron chi connectivity index (χ3n) is 2.94. The van der Waals surface area contributed by atoms with Crippen molar-refractivity contribution in [1.82, 2.24) is 15.4 Å². The average molecular weight is 289 g/mol. The highest BCUT2D eigenvalue weighted by atomic mass is 32.1. The predicted molar refractivity (Wildman–Crippen MR) is 84.4 cm³/mol. The van der Waals surface area contributed by atoms with E-state index in [1.165, 1.54) is 5.56 Å². The quantitative estimate of drug-likeness (QED) is 0.876. The van der Waals surface area contributed by atoms with Gasteiger partial charge in [0.15, 0.2) is 10.9 Å². The van der Waals surface area contributed by atoms with Gasteiger partial charge < -0.3 is 14.7 Å². The second-order valence-corrected chi connectivity index (χ2v) is 5.13. The molecule has 5 heteroatoms. The van der Waals surface area contributed by atoms with Crippen molar-refractivity contribution < 1.29 is 4.52 Å². The molecule has 2 rings (SSSR count). The summed E-state index contributed by atoms with van der Waals surface area (Å²) < 4.78 is 5.41. The van der Waals surface area contributed by atoms with E-state index in [9.17, 15) is 0 Å². The molecule has 0 amide bonds. The van der Waals surface area contributed by atoms with Crippen molar-refractivity contribution in [2.24, 2.45) is 0 Å². The van der Waals surface area contributed by atoms with Crippen molar-refractivity contribution in [3.8, 4) is 11.3 Å². The Morgan fingerprint density at radius 1 is 1.40 bits per heavy atom. The van der Waals surface area contributed by atoms with E-state index in [2.05, 4.69) is 29.5 Å². The first kappa shape index (κ1) is 14.5. The molecule has 1 heterocycles. The molecule has 20 heavy (non-hydrogen) atoms. The molecule has 0 aliphatic rings. The number of benzene rings is 1. The summed E-state index contributed by atoms with van der Waals surface area (Å²) in [5.74, 6) is 0.784. The summed E-state index contributed by atoms with van der Waals surface area (Å²) in [7, 11) is 1.94. The summed E-state index contributed by atoms with van der Waals surface area (Å²) in [5, 5.41) is 7.93. The lowest BCUT2D eigenvalue weighted by atomic mass is 10.1. The highest BCUT2D eigenvalue weighted by Crippen LogP contribution is 2.21. The molecule has 0 fully saturated rings. The van der Waals surface area contributed by atoms with Crippen LogP contribution in [-0.2, 0) is 6.54 Å². The molecule has 1 N–H and O–H groups in total. The third-order valence-corrected chi connectivity index (χ3v) is 3.39. The van der Waals surface area contributed by atoms with Crippen LogP contribution in [0.1, 0.15) is 18.2 Å². The van der Waals surface area contributed by atoms with Gasteiger partial charge in [-0.1, -0.05) is 28.9 Å². The van der Waals surface area contributed by atoms with E-state index >= 15 is 0 Å². The summed E-state index contributed by atoms with van der Waals surface area (Å²) in [5.41, 5.74) is 3.11. The van der Waals surface area contributed by atoms with Crippen LogP contribution in [0.2, 0.25) is 0 Å². The number of hydrogen-bond donors (Lipinski definition) is 1. The average Bonchev–Trinajstić information content (AvgIpc) is 2.87. The van der Waals surface area contributed by atoms with E-state index in [1.807, 2.05) is 37.1 Å². The van der Waals surface area contributed by atoms with Gasteiger partial charge in [0.1, 0.15) is 5.69 Å². The van der Waals surface area contributed by atoms with Crippen LogP contribution in [0.5, 0.6) is 0 Å². The van der Waals surface area contributed by atoms with Gasteiger partial charge in [-0.05, 0) is 32.1 Å². The molecule has 0 aliphatic heterocycles. The van der Waals surface area contributed by atoms with Crippen LogP contribution in [0.15, 0.2) is 34.9 Å². The summed E-state index contributed by atoms with van der Waals surface area (Å²) >= 11 is 5.25. The van der Waals surface area contributed by atoms with Gasteiger partial charge in [0.25, 0.3) is 0 Å². The zero-order valence-electron chi connectivity index (χ0n) is 12.0. The Morgan fingerprint density at radius 2 is 2.20 bits per heavy atom. The van der Waals surface area contributed by atoms with Gasteiger partial charge in [0.05, 0.1) is 6.54 Å². The molecular formula is C15H19N3OS. The maximum atomic E-state index is 5.41. The van der Waals surface area contributed by atoms with E-state index in [4.69, 9.17) is 16.7 Å². The maximum Gasteiger partial charge on any atom is 0.169 e. The molecule has 4 nitrogen and oxygen atoms in total. The first-order valence-electron chi connectivity index (χ1n) is 6.61. The molecule has 106 valence electrons. The van der Waals surface area contributed by atoms with Gasteiger partial charge in [0, 0.05) is 25.2 Å². The largest absolute Gasteiger partial charge is 0.363 e. The van der Waals surface area contributed by atoms with Crippen LogP contribution in [0.4, 0.5) is 0 Å². The summed E-state index contributed by atoms with van der Waals surface area (Å²) in [6.07, 6.45) is 0. The zero-order chi connectivity index (χ0) is 14.5. The third kappa shape index (κ3) is 3.57. The Labute approximate surface area is 124 Å². The molecule has 0 unspecified atom stereocenters. The minimum atomic E-state index is 0.626. The molecule has 0 aliphatic carbocycles. The van der Waals surface area contributed by atoms with Gasteiger partial charge in [-0.2, -0.15) is 0 Å². The van der Waals surface area contributed by atoms with Crippen LogP contribution in [0.3, 0.4) is 0 Å². The van der Waals surface area contributed by atoms with Crippen LogP contribution < -0.4 is 5.32 Å². The van der Waals surface area contributed by atoms with E-state index < -0.39 is 0 Å². The molecule has 0 bridgehead atoms. The van der Waals surface area contributed by atoms with Crippen molar-refractivity contribution in [2.45, 2.75) is 20.4 Å². The molecule has 1 aromatic carbocycles. The first-order chi connectivity index (χ1) is 9.60. The highest BCUT2D eigenvalue weighted by molar-refractivity contribution is 7.80. The lowest BCUT2D eigenvalue weighted by molar-refractivity contribution is 0.402.